The lowest BCUT2D eigenvalue weighted by Crippen LogP contribution is -2.30. The van der Waals surface area contributed by atoms with Crippen LogP contribution in [0.2, 0.25) is 0 Å². The van der Waals surface area contributed by atoms with Crippen molar-refractivity contribution in [3.63, 3.8) is 0 Å². The fraction of sp³-hybridized carbons (Fsp3) is 0.192. The predicted molar refractivity (Wildman–Crippen MR) is 145 cm³/mol. The highest BCUT2D eigenvalue weighted by Crippen LogP contribution is 2.42. The van der Waals surface area contributed by atoms with Gasteiger partial charge in [0.15, 0.2) is 5.11 Å². The number of thiocarbonyl (C=S) groups is 1. The third-order valence-corrected chi connectivity index (χ3v) is 7.01. The molecule has 8 nitrogen and oxygen atoms in total. The summed E-state index contributed by atoms with van der Waals surface area (Å²) in [4.78, 5) is 11.2. The molecule has 3 aromatic heterocycles. The SMILES string of the molecule is Cc1cc(N2C(=S)N[C@@H](c3ccccn3)[C@H]2c2cccn2Cc2ccccn2)ccc1NS(C)(=O)=O. The third-order valence-electron chi connectivity index (χ3n) is 6.11. The second-order valence-corrected chi connectivity index (χ2v) is 10.9. The van der Waals surface area contributed by atoms with Crippen LogP contribution in [-0.2, 0) is 16.6 Å². The summed E-state index contributed by atoms with van der Waals surface area (Å²) in [7, 11) is -3.39. The van der Waals surface area contributed by atoms with Crippen LogP contribution < -0.4 is 14.9 Å². The zero-order chi connectivity index (χ0) is 25.3. The molecule has 4 heterocycles. The summed E-state index contributed by atoms with van der Waals surface area (Å²) >= 11 is 5.84. The molecular weight excluding hydrogens is 492 g/mol. The molecule has 0 saturated carbocycles. The molecular formula is C26H26N6O2S2. The second-order valence-electron chi connectivity index (χ2n) is 8.75. The van der Waals surface area contributed by atoms with E-state index >= 15 is 0 Å². The number of aromatic nitrogens is 3. The second kappa shape index (κ2) is 9.71. The summed E-state index contributed by atoms with van der Waals surface area (Å²) in [5, 5.41) is 4.05. The minimum Gasteiger partial charge on any atom is -0.351 e. The number of sulfonamides is 1. The summed E-state index contributed by atoms with van der Waals surface area (Å²) in [6.07, 6.45) is 6.76. The number of hydrogen-bond acceptors (Lipinski definition) is 5. The van der Waals surface area contributed by atoms with Crippen molar-refractivity contribution in [2.24, 2.45) is 0 Å². The van der Waals surface area contributed by atoms with Crippen LogP contribution in [0.5, 0.6) is 0 Å². The first kappa shape index (κ1) is 24.0. The Morgan fingerprint density at radius 2 is 1.81 bits per heavy atom. The van der Waals surface area contributed by atoms with Crippen molar-refractivity contribution in [3.05, 3.63) is 108 Å². The maximum absolute atomic E-state index is 11.8. The standard InChI is InChI=1S/C26H26N6O2S2/c1-18-16-20(11-12-21(18)30-36(2,33)34)32-25(24(29-26(32)35)22-9-4-6-14-28-22)23-10-7-15-31(23)17-19-8-3-5-13-27-19/h3-16,24-25,30H,17H2,1-2H3,(H,29,35)/t24-,25+/m0/s1. The van der Waals surface area contributed by atoms with Crippen molar-refractivity contribution >= 4 is 38.7 Å². The molecule has 2 atom stereocenters. The first-order chi connectivity index (χ1) is 17.3. The predicted octanol–water partition coefficient (Wildman–Crippen LogP) is 4.18. The highest BCUT2D eigenvalue weighted by Gasteiger charge is 2.42. The van der Waals surface area contributed by atoms with Crippen LogP contribution in [0.3, 0.4) is 0 Å². The Bertz CT molecular complexity index is 1490. The van der Waals surface area contributed by atoms with Crippen LogP contribution in [0.1, 0.15) is 34.7 Å². The summed E-state index contributed by atoms with van der Waals surface area (Å²) < 4.78 is 28.3. The van der Waals surface area contributed by atoms with Gasteiger partial charge in [-0.15, -0.1) is 0 Å². The first-order valence-electron chi connectivity index (χ1n) is 11.4. The van der Waals surface area contributed by atoms with Crippen LogP contribution >= 0.6 is 12.2 Å². The maximum atomic E-state index is 11.8. The van der Waals surface area contributed by atoms with Gasteiger partial charge in [-0.05, 0) is 79.3 Å². The minimum absolute atomic E-state index is 0.190. The zero-order valence-corrected chi connectivity index (χ0v) is 21.5. The molecule has 1 saturated heterocycles. The maximum Gasteiger partial charge on any atom is 0.229 e. The molecule has 5 rings (SSSR count). The van der Waals surface area contributed by atoms with Gasteiger partial charge in [0.2, 0.25) is 10.0 Å². The third kappa shape index (κ3) is 4.95. The summed E-state index contributed by atoms with van der Waals surface area (Å²) in [6, 6.07) is 21.1. The Morgan fingerprint density at radius 1 is 1.03 bits per heavy atom. The zero-order valence-electron chi connectivity index (χ0n) is 19.9. The van der Waals surface area contributed by atoms with Crippen LogP contribution in [0.25, 0.3) is 0 Å². The monoisotopic (exact) mass is 518 g/mol. The number of anilines is 2. The highest BCUT2D eigenvalue weighted by molar-refractivity contribution is 7.92. The van der Waals surface area contributed by atoms with Crippen molar-refractivity contribution in [2.75, 3.05) is 15.9 Å². The summed E-state index contributed by atoms with van der Waals surface area (Å²) in [5.74, 6) is 0. The molecule has 184 valence electrons. The Balaban J connectivity index is 1.58. The molecule has 10 heteroatoms. The van der Waals surface area contributed by atoms with Gasteiger partial charge < -0.3 is 14.8 Å². The minimum atomic E-state index is -3.39. The highest BCUT2D eigenvalue weighted by atomic mass is 32.2. The largest absolute Gasteiger partial charge is 0.351 e. The van der Waals surface area contributed by atoms with Gasteiger partial charge >= 0.3 is 0 Å². The number of hydrogen-bond donors (Lipinski definition) is 2. The molecule has 2 N–H and O–H groups in total. The number of nitrogens with zero attached hydrogens (tertiary/aromatic N) is 4. The van der Waals surface area contributed by atoms with Crippen molar-refractivity contribution in [3.8, 4) is 0 Å². The Morgan fingerprint density at radius 3 is 2.47 bits per heavy atom. The topological polar surface area (TPSA) is 92.2 Å². The molecule has 1 aliphatic heterocycles. The van der Waals surface area contributed by atoms with Crippen molar-refractivity contribution in [1.82, 2.24) is 19.9 Å². The van der Waals surface area contributed by atoms with Crippen LogP contribution in [0, 0.1) is 6.92 Å². The van der Waals surface area contributed by atoms with Gasteiger partial charge in [0, 0.05) is 30.0 Å². The van der Waals surface area contributed by atoms with Gasteiger partial charge in [-0.1, -0.05) is 12.1 Å². The Kier molecular flexibility index (Phi) is 6.46. The lowest BCUT2D eigenvalue weighted by molar-refractivity contribution is 0.532. The summed E-state index contributed by atoms with van der Waals surface area (Å²) in [5.41, 5.74) is 5.08. The molecule has 0 spiro atoms. The molecule has 0 unspecified atom stereocenters. The van der Waals surface area contributed by atoms with E-state index in [2.05, 4.69) is 35.5 Å². The molecule has 0 aliphatic carbocycles. The van der Waals surface area contributed by atoms with E-state index in [1.54, 1.807) is 18.5 Å². The number of benzene rings is 1. The normalized spacial score (nSPS) is 17.7. The number of nitrogens with one attached hydrogen (secondary N) is 2. The molecule has 4 aromatic rings. The molecule has 0 amide bonds. The van der Waals surface area contributed by atoms with E-state index < -0.39 is 10.0 Å². The van der Waals surface area contributed by atoms with Gasteiger partial charge in [-0.25, -0.2) is 8.42 Å². The van der Waals surface area contributed by atoms with E-state index in [0.29, 0.717) is 17.3 Å². The van der Waals surface area contributed by atoms with Crippen LogP contribution in [0.4, 0.5) is 11.4 Å². The van der Waals surface area contributed by atoms with Gasteiger partial charge in [0.25, 0.3) is 0 Å². The number of rotatable bonds is 7. The molecule has 1 aliphatic rings. The molecule has 0 bridgehead atoms. The average molecular weight is 519 g/mol. The summed E-state index contributed by atoms with van der Waals surface area (Å²) in [6.45, 7) is 2.49. The Hall–Kier alpha value is -3.76. The lowest BCUT2D eigenvalue weighted by Gasteiger charge is -2.29. The van der Waals surface area contributed by atoms with Gasteiger partial charge in [0.05, 0.1) is 35.9 Å². The quantitative estimate of drug-likeness (QED) is 0.355. The smallest absolute Gasteiger partial charge is 0.229 e. The van der Waals surface area contributed by atoms with E-state index in [1.807, 2.05) is 67.7 Å². The Labute approximate surface area is 216 Å². The first-order valence-corrected chi connectivity index (χ1v) is 13.7. The lowest BCUT2D eigenvalue weighted by atomic mass is 10.0. The average Bonchev–Trinajstić information content (AvgIpc) is 3.44. The fourth-order valence-electron chi connectivity index (χ4n) is 4.55. The van der Waals surface area contributed by atoms with E-state index in [4.69, 9.17) is 12.2 Å². The van der Waals surface area contributed by atoms with E-state index in [9.17, 15) is 8.42 Å². The molecule has 1 fully saturated rings. The number of pyridine rings is 2. The van der Waals surface area contributed by atoms with E-state index in [-0.39, 0.29) is 12.1 Å². The molecule has 1 aromatic carbocycles. The van der Waals surface area contributed by atoms with Gasteiger partial charge in [-0.2, -0.15) is 0 Å². The van der Waals surface area contributed by atoms with Crippen LogP contribution in [0.15, 0.2) is 85.3 Å². The molecule has 36 heavy (non-hydrogen) atoms. The van der Waals surface area contributed by atoms with E-state index in [0.717, 1.165) is 34.6 Å². The van der Waals surface area contributed by atoms with Crippen LogP contribution in [-0.4, -0.2) is 34.3 Å². The number of aryl methyl sites for hydroxylation is 1. The van der Waals surface area contributed by atoms with Gasteiger partial charge in [-0.3, -0.25) is 14.7 Å². The van der Waals surface area contributed by atoms with Crippen molar-refractivity contribution in [1.29, 1.82) is 0 Å². The van der Waals surface area contributed by atoms with Gasteiger partial charge in [0.1, 0.15) is 6.04 Å². The fourth-order valence-corrected chi connectivity index (χ4v) is 5.53. The molecule has 0 radical (unpaired) electrons. The van der Waals surface area contributed by atoms with E-state index in [1.165, 1.54) is 0 Å². The van der Waals surface area contributed by atoms with Crippen molar-refractivity contribution in [2.45, 2.75) is 25.6 Å². The van der Waals surface area contributed by atoms with Crippen molar-refractivity contribution < 1.29 is 8.42 Å².